The van der Waals surface area contributed by atoms with E-state index >= 15 is 0 Å². The largest absolute Gasteiger partial charge is 0.478 e. The van der Waals surface area contributed by atoms with E-state index in [1.165, 1.54) is 6.07 Å². The summed E-state index contributed by atoms with van der Waals surface area (Å²) < 4.78 is 42.9. The Bertz CT molecular complexity index is 777. The van der Waals surface area contributed by atoms with E-state index in [4.69, 9.17) is 21.4 Å². The van der Waals surface area contributed by atoms with E-state index in [1.54, 1.807) is 0 Å². The Morgan fingerprint density at radius 3 is 2.39 bits per heavy atom. The quantitative estimate of drug-likeness (QED) is 0.768. The average molecular weight is 346 g/mol. The van der Waals surface area contributed by atoms with Gasteiger partial charge in [0.05, 0.1) is 16.1 Å². The Kier molecular flexibility index (Phi) is 4.55. The van der Waals surface area contributed by atoms with Crippen molar-refractivity contribution in [2.24, 2.45) is 5.18 Å². The van der Waals surface area contributed by atoms with Gasteiger partial charge in [-0.15, -0.1) is 4.91 Å². The van der Waals surface area contributed by atoms with Gasteiger partial charge in [-0.3, -0.25) is 0 Å². The van der Waals surface area contributed by atoms with E-state index in [2.05, 4.69) is 5.18 Å². The summed E-state index contributed by atoms with van der Waals surface area (Å²) in [5.41, 5.74) is -1.65. The summed E-state index contributed by atoms with van der Waals surface area (Å²) in [6.07, 6.45) is -4.55. The number of aromatic carboxylic acids is 1. The van der Waals surface area contributed by atoms with Crippen molar-refractivity contribution in [1.29, 1.82) is 0 Å². The van der Waals surface area contributed by atoms with Crippen molar-refractivity contribution in [1.82, 2.24) is 0 Å². The van der Waals surface area contributed by atoms with E-state index in [1.807, 2.05) is 0 Å². The van der Waals surface area contributed by atoms with E-state index in [0.29, 0.717) is 6.07 Å². The van der Waals surface area contributed by atoms with Crippen LogP contribution in [0.1, 0.15) is 15.9 Å². The lowest BCUT2D eigenvalue weighted by molar-refractivity contribution is -0.137. The SMILES string of the molecule is O=Nc1ccc(Oc2ccc(C(F)(F)F)cc2Cl)cc1C(=O)O. The number of hydrogen-bond acceptors (Lipinski definition) is 4. The molecular weight excluding hydrogens is 339 g/mol. The highest BCUT2D eigenvalue weighted by Crippen LogP contribution is 2.37. The van der Waals surface area contributed by atoms with Crippen LogP contribution in [-0.4, -0.2) is 11.1 Å². The Balaban J connectivity index is 2.34. The van der Waals surface area contributed by atoms with Crippen molar-refractivity contribution in [3.05, 3.63) is 57.5 Å². The first-order valence-corrected chi connectivity index (χ1v) is 6.35. The fourth-order valence-electron chi connectivity index (χ4n) is 1.72. The van der Waals surface area contributed by atoms with Crippen molar-refractivity contribution in [3.63, 3.8) is 0 Å². The molecule has 0 aliphatic rings. The molecule has 0 saturated heterocycles. The van der Waals surface area contributed by atoms with Crippen LogP contribution in [0.3, 0.4) is 0 Å². The first-order chi connectivity index (χ1) is 10.7. The Hall–Kier alpha value is -2.61. The van der Waals surface area contributed by atoms with Gasteiger partial charge in [-0.1, -0.05) is 11.6 Å². The van der Waals surface area contributed by atoms with E-state index in [0.717, 1.165) is 24.3 Å². The number of halogens is 4. The minimum absolute atomic E-state index is 0.0172. The third-order valence-electron chi connectivity index (χ3n) is 2.78. The number of ether oxygens (including phenoxy) is 1. The van der Waals surface area contributed by atoms with Gasteiger partial charge in [0.25, 0.3) is 0 Å². The standard InChI is InChI=1S/C14H7ClF3NO4/c15-10-5-7(14(16,17)18)1-4-12(10)23-8-2-3-11(19-22)9(6-8)13(20)21/h1-6H,(H,20,21). The van der Waals surface area contributed by atoms with Crippen LogP contribution in [0.25, 0.3) is 0 Å². The second-order valence-corrected chi connectivity index (χ2v) is 4.73. The number of rotatable bonds is 4. The first kappa shape index (κ1) is 16.8. The number of benzene rings is 2. The summed E-state index contributed by atoms with van der Waals surface area (Å²) in [6, 6.07) is 5.86. The van der Waals surface area contributed by atoms with Gasteiger partial charge in [0, 0.05) is 0 Å². The molecule has 2 aromatic carbocycles. The van der Waals surface area contributed by atoms with Crippen molar-refractivity contribution in [3.8, 4) is 11.5 Å². The highest BCUT2D eigenvalue weighted by atomic mass is 35.5. The van der Waals surface area contributed by atoms with Crippen molar-refractivity contribution < 1.29 is 27.8 Å². The molecule has 0 amide bonds. The average Bonchev–Trinajstić information content (AvgIpc) is 2.48. The smallest absolute Gasteiger partial charge is 0.416 e. The monoisotopic (exact) mass is 345 g/mol. The molecule has 0 radical (unpaired) electrons. The zero-order chi connectivity index (χ0) is 17.2. The molecule has 0 aliphatic carbocycles. The van der Waals surface area contributed by atoms with Gasteiger partial charge in [0.15, 0.2) is 0 Å². The molecule has 5 nitrogen and oxygen atoms in total. The molecule has 0 saturated carbocycles. The lowest BCUT2D eigenvalue weighted by Crippen LogP contribution is -2.04. The van der Waals surface area contributed by atoms with Crippen molar-refractivity contribution in [2.45, 2.75) is 6.18 Å². The van der Waals surface area contributed by atoms with Gasteiger partial charge in [0.2, 0.25) is 0 Å². The molecule has 0 fully saturated rings. The Labute approximate surface area is 132 Å². The van der Waals surface area contributed by atoms with Crippen LogP contribution in [0.2, 0.25) is 5.02 Å². The maximum absolute atomic E-state index is 12.5. The fourth-order valence-corrected chi connectivity index (χ4v) is 1.94. The molecule has 23 heavy (non-hydrogen) atoms. The number of carboxylic acid groups (broad SMARTS) is 1. The summed E-state index contributed by atoms with van der Waals surface area (Å²) in [6.45, 7) is 0. The van der Waals surface area contributed by atoms with Crippen LogP contribution >= 0.6 is 11.6 Å². The van der Waals surface area contributed by atoms with Crippen molar-refractivity contribution in [2.75, 3.05) is 0 Å². The molecule has 0 spiro atoms. The normalized spacial score (nSPS) is 11.1. The van der Waals surface area contributed by atoms with Crippen LogP contribution < -0.4 is 4.74 Å². The maximum Gasteiger partial charge on any atom is 0.416 e. The lowest BCUT2D eigenvalue weighted by Gasteiger charge is -2.11. The third kappa shape index (κ3) is 3.78. The number of carboxylic acids is 1. The maximum atomic E-state index is 12.5. The molecule has 9 heteroatoms. The molecule has 0 heterocycles. The van der Waals surface area contributed by atoms with Crippen LogP contribution in [0.4, 0.5) is 18.9 Å². The number of alkyl halides is 3. The van der Waals surface area contributed by atoms with Crippen LogP contribution in [0.15, 0.2) is 41.6 Å². The van der Waals surface area contributed by atoms with Gasteiger partial charge in [0.1, 0.15) is 17.2 Å². The van der Waals surface area contributed by atoms with Crippen LogP contribution in [0, 0.1) is 4.91 Å². The summed E-state index contributed by atoms with van der Waals surface area (Å²) in [5.74, 6) is -1.51. The molecule has 0 aliphatic heterocycles. The second-order valence-electron chi connectivity index (χ2n) is 4.32. The van der Waals surface area contributed by atoms with Crippen LogP contribution in [-0.2, 0) is 6.18 Å². The Morgan fingerprint density at radius 1 is 1.17 bits per heavy atom. The molecule has 0 unspecified atom stereocenters. The highest BCUT2D eigenvalue weighted by molar-refractivity contribution is 6.32. The van der Waals surface area contributed by atoms with Crippen molar-refractivity contribution >= 4 is 23.3 Å². The molecule has 0 bridgehead atoms. The number of carbonyl (C=O) groups is 1. The van der Waals surface area contributed by atoms with E-state index in [9.17, 15) is 22.9 Å². The summed E-state index contributed by atoms with van der Waals surface area (Å²) >= 11 is 5.74. The topological polar surface area (TPSA) is 76.0 Å². The lowest BCUT2D eigenvalue weighted by atomic mass is 10.1. The molecule has 0 aromatic heterocycles. The van der Waals surface area contributed by atoms with Gasteiger partial charge in [-0.05, 0) is 41.6 Å². The fraction of sp³-hybridized carbons (Fsp3) is 0.0714. The van der Waals surface area contributed by atoms with Gasteiger partial charge >= 0.3 is 12.1 Å². The molecule has 2 rings (SSSR count). The van der Waals surface area contributed by atoms with E-state index < -0.39 is 23.3 Å². The first-order valence-electron chi connectivity index (χ1n) is 5.97. The molecule has 2 aromatic rings. The number of nitroso groups, excluding NO2 is 1. The molecule has 1 N–H and O–H groups in total. The zero-order valence-corrected chi connectivity index (χ0v) is 11.9. The van der Waals surface area contributed by atoms with Gasteiger partial charge < -0.3 is 9.84 Å². The summed E-state index contributed by atoms with van der Waals surface area (Å²) in [4.78, 5) is 21.5. The second kappa shape index (κ2) is 6.25. The highest BCUT2D eigenvalue weighted by Gasteiger charge is 2.31. The van der Waals surface area contributed by atoms with Gasteiger partial charge in [-0.25, -0.2) is 4.79 Å². The third-order valence-corrected chi connectivity index (χ3v) is 3.08. The molecule has 0 atom stereocenters. The molecule has 120 valence electrons. The zero-order valence-electron chi connectivity index (χ0n) is 11.1. The van der Waals surface area contributed by atoms with Gasteiger partial charge in [-0.2, -0.15) is 13.2 Å². The predicted molar refractivity (Wildman–Crippen MR) is 75.4 cm³/mol. The number of nitrogens with zero attached hydrogens (tertiary/aromatic N) is 1. The minimum Gasteiger partial charge on any atom is -0.478 e. The summed E-state index contributed by atoms with van der Waals surface area (Å²) in [5, 5.41) is 11.2. The van der Waals surface area contributed by atoms with Crippen LogP contribution in [0.5, 0.6) is 11.5 Å². The Morgan fingerprint density at radius 2 is 1.87 bits per heavy atom. The predicted octanol–water partition coefficient (Wildman–Crippen LogP) is 5.25. The number of hydrogen-bond donors (Lipinski definition) is 1. The van der Waals surface area contributed by atoms with E-state index in [-0.39, 0.29) is 22.2 Å². The molecular formula is C14H7ClF3NO4. The summed E-state index contributed by atoms with van der Waals surface area (Å²) in [7, 11) is 0. The minimum atomic E-state index is -4.55.